The van der Waals surface area contributed by atoms with Crippen LogP contribution in [-0.4, -0.2) is 15.1 Å². The molecule has 6 heteroatoms. The number of hydrogen-bond acceptors (Lipinski definition) is 3. The van der Waals surface area contributed by atoms with Crippen molar-refractivity contribution in [2.24, 2.45) is 0 Å². The molecule has 0 spiro atoms. The van der Waals surface area contributed by atoms with Crippen LogP contribution in [0.15, 0.2) is 24.5 Å². The van der Waals surface area contributed by atoms with Crippen LogP contribution < -0.4 is 0 Å². The zero-order valence-electron chi connectivity index (χ0n) is 9.36. The first-order valence-corrected chi connectivity index (χ1v) is 5.14. The molecule has 1 aromatic heterocycles. The number of nitrogens with zero attached hydrogens (tertiary/aromatic N) is 2. The van der Waals surface area contributed by atoms with Crippen LogP contribution in [0.3, 0.4) is 0 Å². The maximum Gasteiger partial charge on any atom is 0.214 e. The highest BCUT2D eigenvalue weighted by Gasteiger charge is 2.17. The molecule has 3 nitrogen and oxygen atoms in total. The fourth-order valence-corrected chi connectivity index (χ4v) is 1.59. The Morgan fingerprint density at radius 3 is 2.22 bits per heavy atom. The topological polar surface area (TPSA) is 46.0 Å². The predicted molar refractivity (Wildman–Crippen MR) is 57.5 cm³/mol. The molecule has 0 saturated carbocycles. The largest absolute Gasteiger partial charge is 0.493 e. The van der Waals surface area contributed by atoms with Crippen LogP contribution in [-0.2, 0) is 0 Å². The Morgan fingerprint density at radius 2 is 1.67 bits per heavy atom. The zero-order chi connectivity index (χ0) is 13.3. The van der Waals surface area contributed by atoms with Crippen LogP contribution in [0.2, 0.25) is 0 Å². The molecule has 0 fully saturated rings. The standard InChI is InChI=1S/C12H9F3N2O/c1-6(10-4-11(18)17-5-16-10)7-2-8(13)12(15)9(14)3-7/h2-6H,1H3,(H,16,17,18). The summed E-state index contributed by atoms with van der Waals surface area (Å²) in [7, 11) is 0. The number of benzene rings is 1. The van der Waals surface area contributed by atoms with E-state index in [0.717, 1.165) is 18.5 Å². The fraction of sp³-hybridized carbons (Fsp3) is 0.167. The number of aromatic nitrogens is 2. The van der Waals surface area contributed by atoms with Gasteiger partial charge >= 0.3 is 0 Å². The third-order valence-electron chi connectivity index (χ3n) is 2.62. The van der Waals surface area contributed by atoms with Crippen molar-refractivity contribution in [1.29, 1.82) is 0 Å². The fourth-order valence-electron chi connectivity index (χ4n) is 1.59. The molecule has 1 atom stereocenters. The highest BCUT2D eigenvalue weighted by atomic mass is 19.2. The average Bonchev–Trinajstić information content (AvgIpc) is 2.34. The molecule has 2 rings (SSSR count). The third kappa shape index (κ3) is 2.27. The zero-order valence-corrected chi connectivity index (χ0v) is 9.36. The van der Waals surface area contributed by atoms with Gasteiger partial charge in [-0.3, -0.25) is 0 Å². The summed E-state index contributed by atoms with van der Waals surface area (Å²) in [5.41, 5.74) is 0.609. The van der Waals surface area contributed by atoms with E-state index in [1.165, 1.54) is 6.07 Å². The lowest BCUT2D eigenvalue weighted by molar-refractivity contribution is 0.444. The van der Waals surface area contributed by atoms with Crippen LogP contribution in [0.4, 0.5) is 13.2 Å². The van der Waals surface area contributed by atoms with Gasteiger partial charge in [0.15, 0.2) is 17.5 Å². The molecule has 2 aromatic rings. The number of aromatic hydroxyl groups is 1. The van der Waals surface area contributed by atoms with Crippen molar-refractivity contribution in [2.45, 2.75) is 12.8 Å². The van der Waals surface area contributed by atoms with E-state index in [9.17, 15) is 18.3 Å². The van der Waals surface area contributed by atoms with E-state index in [1.54, 1.807) is 6.92 Å². The van der Waals surface area contributed by atoms with Gasteiger partial charge in [0.05, 0.1) is 5.69 Å². The van der Waals surface area contributed by atoms with Gasteiger partial charge < -0.3 is 5.11 Å². The number of hydrogen-bond donors (Lipinski definition) is 1. The Morgan fingerprint density at radius 1 is 1.06 bits per heavy atom. The van der Waals surface area contributed by atoms with Crippen molar-refractivity contribution in [3.05, 3.63) is 53.2 Å². The van der Waals surface area contributed by atoms with Crippen molar-refractivity contribution in [3.8, 4) is 5.88 Å². The Balaban J connectivity index is 2.43. The highest BCUT2D eigenvalue weighted by Crippen LogP contribution is 2.26. The molecule has 0 bridgehead atoms. The van der Waals surface area contributed by atoms with Crippen molar-refractivity contribution in [2.75, 3.05) is 0 Å². The third-order valence-corrected chi connectivity index (χ3v) is 2.62. The maximum atomic E-state index is 13.1. The molecular weight excluding hydrogens is 245 g/mol. The molecule has 0 amide bonds. The monoisotopic (exact) mass is 254 g/mol. The second-order valence-corrected chi connectivity index (χ2v) is 3.82. The van der Waals surface area contributed by atoms with E-state index in [-0.39, 0.29) is 11.4 Å². The van der Waals surface area contributed by atoms with Gasteiger partial charge in [-0.2, -0.15) is 0 Å². The summed E-state index contributed by atoms with van der Waals surface area (Å²) in [4.78, 5) is 7.39. The van der Waals surface area contributed by atoms with Crippen molar-refractivity contribution in [1.82, 2.24) is 9.97 Å². The van der Waals surface area contributed by atoms with Gasteiger partial charge in [-0.05, 0) is 17.7 Å². The lowest BCUT2D eigenvalue weighted by atomic mass is 9.97. The van der Waals surface area contributed by atoms with Gasteiger partial charge in [0.1, 0.15) is 6.33 Å². The van der Waals surface area contributed by atoms with Gasteiger partial charge in [-0.15, -0.1) is 0 Å². The van der Waals surface area contributed by atoms with E-state index in [4.69, 9.17) is 0 Å². The van der Waals surface area contributed by atoms with Crippen LogP contribution in [0.25, 0.3) is 0 Å². The second-order valence-electron chi connectivity index (χ2n) is 3.82. The van der Waals surface area contributed by atoms with Crippen molar-refractivity contribution >= 4 is 0 Å². The Bertz CT molecular complexity index is 566. The molecule has 1 aromatic carbocycles. The SMILES string of the molecule is CC(c1cc(F)c(F)c(F)c1)c1cc(O)ncn1. The summed E-state index contributed by atoms with van der Waals surface area (Å²) in [6, 6.07) is 3.09. The molecule has 18 heavy (non-hydrogen) atoms. The Hall–Kier alpha value is -2.11. The summed E-state index contributed by atoms with van der Waals surface area (Å²) in [6.07, 6.45) is 1.14. The lowest BCUT2D eigenvalue weighted by Crippen LogP contribution is -2.02. The van der Waals surface area contributed by atoms with Crippen molar-refractivity contribution < 1.29 is 18.3 Å². The van der Waals surface area contributed by atoms with Gasteiger partial charge in [0, 0.05) is 12.0 Å². The van der Waals surface area contributed by atoms with Crippen LogP contribution in [0.1, 0.15) is 24.1 Å². The summed E-state index contributed by atoms with van der Waals surface area (Å²) < 4.78 is 39.0. The summed E-state index contributed by atoms with van der Waals surface area (Å²) >= 11 is 0. The summed E-state index contributed by atoms with van der Waals surface area (Å²) in [6.45, 7) is 1.63. The molecule has 94 valence electrons. The Labute approximate surface area is 101 Å². The maximum absolute atomic E-state index is 13.1. The summed E-state index contributed by atoms with van der Waals surface area (Å²) in [5.74, 6) is -4.75. The van der Waals surface area contributed by atoms with Crippen LogP contribution in [0.5, 0.6) is 5.88 Å². The van der Waals surface area contributed by atoms with E-state index in [1.807, 2.05) is 0 Å². The van der Waals surface area contributed by atoms with Gasteiger partial charge in [0.2, 0.25) is 5.88 Å². The first-order valence-electron chi connectivity index (χ1n) is 5.14. The van der Waals surface area contributed by atoms with Crippen LogP contribution >= 0.6 is 0 Å². The van der Waals surface area contributed by atoms with Gasteiger partial charge in [-0.1, -0.05) is 6.92 Å². The minimum atomic E-state index is -1.50. The highest BCUT2D eigenvalue weighted by molar-refractivity contribution is 5.30. The molecular formula is C12H9F3N2O. The molecule has 0 aliphatic carbocycles. The smallest absolute Gasteiger partial charge is 0.214 e. The van der Waals surface area contributed by atoms with Crippen LogP contribution in [0, 0.1) is 17.5 Å². The molecule has 0 radical (unpaired) electrons. The first kappa shape index (κ1) is 12.3. The molecule has 1 unspecified atom stereocenters. The van der Waals surface area contributed by atoms with E-state index >= 15 is 0 Å². The predicted octanol–water partition coefficient (Wildman–Crippen LogP) is 2.75. The molecule has 1 N–H and O–H groups in total. The second kappa shape index (κ2) is 4.64. The minimum Gasteiger partial charge on any atom is -0.493 e. The summed E-state index contributed by atoms with van der Waals surface area (Å²) in [5, 5.41) is 9.20. The van der Waals surface area contributed by atoms with Gasteiger partial charge in [0.25, 0.3) is 0 Å². The van der Waals surface area contributed by atoms with E-state index in [2.05, 4.69) is 9.97 Å². The molecule has 0 saturated heterocycles. The minimum absolute atomic E-state index is 0.226. The average molecular weight is 254 g/mol. The molecule has 0 aliphatic rings. The van der Waals surface area contributed by atoms with E-state index < -0.39 is 23.4 Å². The quantitative estimate of drug-likeness (QED) is 0.838. The number of halogens is 3. The Kier molecular flexibility index (Phi) is 3.18. The first-order chi connectivity index (χ1) is 8.49. The van der Waals surface area contributed by atoms with E-state index in [0.29, 0.717) is 5.69 Å². The van der Waals surface area contributed by atoms with Gasteiger partial charge in [-0.25, -0.2) is 23.1 Å². The normalized spacial score (nSPS) is 12.4. The lowest BCUT2D eigenvalue weighted by Gasteiger charge is -2.12. The number of rotatable bonds is 2. The van der Waals surface area contributed by atoms with Crippen molar-refractivity contribution in [3.63, 3.8) is 0 Å². The molecule has 1 heterocycles. The molecule has 0 aliphatic heterocycles.